The number of hydrogen-bond acceptors (Lipinski definition) is 10. The van der Waals surface area contributed by atoms with Gasteiger partial charge >= 0.3 is 0 Å². The number of carbonyl (C=O) groups is 3. The molecule has 7 rings (SSSR count). The molecule has 0 radical (unpaired) electrons. The summed E-state index contributed by atoms with van der Waals surface area (Å²) in [6.45, 7) is 7.78. The Balaban J connectivity index is 1.21. The van der Waals surface area contributed by atoms with Gasteiger partial charge in [-0.1, -0.05) is 32.1 Å². The topological polar surface area (TPSA) is 160 Å². The molecule has 3 fully saturated rings. The second-order valence-electron chi connectivity index (χ2n) is 14.1. The molecular formula is C35H42N6O6S2. The van der Waals surface area contributed by atoms with E-state index in [2.05, 4.69) is 45.1 Å². The zero-order valence-electron chi connectivity index (χ0n) is 27.7. The van der Waals surface area contributed by atoms with Crippen LogP contribution in [0, 0.1) is 11.8 Å². The molecule has 1 saturated heterocycles. The van der Waals surface area contributed by atoms with Crippen molar-refractivity contribution in [2.45, 2.75) is 94.2 Å². The van der Waals surface area contributed by atoms with Crippen LogP contribution in [-0.2, 0) is 37.2 Å². The largest absolute Gasteiger partial charge is 0.472 e. The molecule has 6 bridgehead atoms. The number of benzene rings is 1. The number of thiazole rings is 1. The molecule has 5 atom stereocenters. The van der Waals surface area contributed by atoms with Crippen molar-refractivity contribution < 1.29 is 27.5 Å². The van der Waals surface area contributed by atoms with Crippen molar-refractivity contribution >= 4 is 55.0 Å². The van der Waals surface area contributed by atoms with E-state index >= 15 is 0 Å². The normalized spacial score (nSPS) is 27.2. The Bertz CT molecular complexity index is 1910. The first kappa shape index (κ1) is 33.5. The first-order valence-corrected chi connectivity index (χ1v) is 19.5. The number of anilines is 1. The number of carbonyl (C=O) groups excluding carboxylic acids is 3. The lowest BCUT2D eigenvalue weighted by Crippen LogP contribution is -2.58. The molecule has 4 heterocycles. The smallest absolute Gasteiger partial charge is 0.259 e. The van der Waals surface area contributed by atoms with E-state index in [-0.39, 0.29) is 31.2 Å². The number of pyridine rings is 1. The van der Waals surface area contributed by atoms with Crippen molar-refractivity contribution in [2.24, 2.45) is 11.8 Å². The molecule has 3 N–H and O–H groups in total. The van der Waals surface area contributed by atoms with Gasteiger partial charge < -0.3 is 20.3 Å². The zero-order chi connectivity index (χ0) is 34.5. The molecule has 0 spiro atoms. The van der Waals surface area contributed by atoms with E-state index in [0.29, 0.717) is 23.9 Å². The van der Waals surface area contributed by atoms with Gasteiger partial charge in [-0.3, -0.25) is 19.1 Å². The maximum absolute atomic E-state index is 14.4. The summed E-state index contributed by atoms with van der Waals surface area (Å²) in [5, 5.41) is 10.1. The highest BCUT2D eigenvalue weighted by Gasteiger charge is 2.62. The van der Waals surface area contributed by atoms with E-state index in [1.807, 2.05) is 25.3 Å². The zero-order valence-corrected chi connectivity index (χ0v) is 29.3. The Morgan fingerprint density at radius 3 is 2.73 bits per heavy atom. The maximum atomic E-state index is 14.4. The Morgan fingerprint density at radius 1 is 1.20 bits per heavy atom. The summed E-state index contributed by atoms with van der Waals surface area (Å²) in [6, 6.07) is 6.53. The van der Waals surface area contributed by atoms with Crippen molar-refractivity contribution in [3.63, 3.8) is 0 Å². The molecule has 49 heavy (non-hydrogen) atoms. The van der Waals surface area contributed by atoms with Gasteiger partial charge in [0.25, 0.3) is 5.91 Å². The van der Waals surface area contributed by atoms with Crippen LogP contribution in [0.15, 0.2) is 48.5 Å². The lowest BCUT2D eigenvalue weighted by Gasteiger charge is -2.31. The Labute approximate surface area is 290 Å². The van der Waals surface area contributed by atoms with Crippen LogP contribution in [0.3, 0.4) is 0 Å². The molecule has 2 aromatic heterocycles. The summed E-state index contributed by atoms with van der Waals surface area (Å²) in [7, 11) is -3.84. The van der Waals surface area contributed by atoms with Crippen molar-refractivity contribution in [3.8, 4) is 5.88 Å². The number of sulfonamides is 1. The summed E-state index contributed by atoms with van der Waals surface area (Å²) in [6.07, 6.45) is 7.68. The highest BCUT2D eigenvalue weighted by atomic mass is 32.2. The molecule has 2 saturated carbocycles. The van der Waals surface area contributed by atoms with Crippen LogP contribution in [0.5, 0.6) is 5.88 Å². The second-order valence-corrected chi connectivity index (χ2v) is 16.9. The number of nitrogens with one attached hydrogen (secondary N) is 3. The van der Waals surface area contributed by atoms with Crippen molar-refractivity contribution in [3.05, 3.63) is 59.8 Å². The third-order valence-electron chi connectivity index (χ3n) is 10.1. The fourth-order valence-electron chi connectivity index (χ4n) is 6.94. The number of amides is 3. The average Bonchev–Trinajstić information content (AvgIpc) is 3.96. The van der Waals surface area contributed by atoms with E-state index in [1.165, 1.54) is 21.8 Å². The summed E-state index contributed by atoms with van der Waals surface area (Å²) in [4.78, 5) is 52.9. The molecule has 14 heteroatoms. The van der Waals surface area contributed by atoms with E-state index in [1.54, 1.807) is 12.3 Å². The van der Waals surface area contributed by atoms with Crippen molar-refractivity contribution in [2.75, 3.05) is 11.9 Å². The lowest BCUT2D eigenvalue weighted by molar-refractivity contribution is -0.140. The van der Waals surface area contributed by atoms with Gasteiger partial charge in [-0.25, -0.2) is 18.4 Å². The fraction of sp³-hybridized carbons (Fsp3) is 0.514. The van der Waals surface area contributed by atoms with Gasteiger partial charge in [-0.05, 0) is 73.9 Å². The molecule has 2 aliphatic heterocycles. The number of ether oxygens (including phenoxy) is 1. The van der Waals surface area contributed by atoms with Gasteiger partial charge in [0.05, 0.1) is 17.5 Å². The Hall–Kier alpha value is -4.04. The first-order valence-electron chi connectivity index (χ1n) is 17.0. The maximum Gasteiger partial charge on any atom is 0.259 e. The quantitative estimate of drug-likeness (QED) is 0.311. The SMILES string of the molecule is C=C[C@@H]1C[C@]1(NC(=O)C1CC2CN1C(=O)C(C(C)C)Nc1nc(cs1)CCCCc1ccc3ccnc(c3c1)O2)C(=O)NS(=O)(=O)C1CC1. The second kappa shape index (κ2) is 13.0. The minimum absolute atomic E-state index is 0.114. The van der Waals surface area contributed by atoms with Gasteiger partial charge in [0.15, 0.2) is 5.13 Å². The Morgan fingerprint density at radius 2 is 2.00 bits per heavy atom. The number of fused-ring (bicyclic) bond motifs is 5. The Kier molecular flexibility index (Phi) is 8.89. The van der Waals surface area contributed by atoms with E-state index < -0.39 is 56.7 Å². The summed E-state index contributed by atoms with van der Waals surface area (Å²) in [5.74, 6) is -1.80. The average molecular weight is 707 g/mol. The summed E-state index contributed by atoms with van der Waals surface area (Å²) < 4.78 is 34.0. The molecule has 4 aliphatic rings. The molecule has 3 amide bonds. The van der Waals surface area contributed by atoms with E-state index in [9.17, 15) is 22.8 Å². The highest BCUT2D eigenvalue weighted by Crippen LogP contribution is 2.45. The molecule has 3 aromatic rings. The van der Waals surface area contributed by atoms with Crippen LogP contribution in [0.2, 0.25) is 0 Å². The van der Waals surface area contributed by atoms with Gasteiger partial charge in [-0.15, -0.1) is 17.9 Å². The summed E-state index contributed by atoms with van der Waals surface area (Å²) >= 11 is 1.45. The van der Waals surface area contributed by atoms with Crippen LogP contribution in [0.4, 0.5) is 5.13 Å². The number of aryl methyl sites for hydroxylation is 2. The minimum Gasteiger partial charge on any atom is -0.472 e. The van der Waals surface area contributed by atoms with Crippen molar-refractivity contribution in [1.29, 1.82) is 0 Å². The summed E-state index contributed by atoms with van der Waals surface area (Å²) in [5.41, 5.74) is 0.663. The number of aromatic nitrogens is 2. The number of hydrogen-bond donors (Lipinski definition) is 3. The molecule has 260 valence electrons. The fourth-order valence-corrected chi connectivity index (χ4v) is 9.09. The van der Waals surface area contributed by atoms with Crippen LogP contribution in [-0.4, -0.2) is 76.5 Å². The highest BCUT2D eigenvalue weighted by molar-refractivity contribution is 7.91. The molecular weight excluding hydrogens is 665 g/mol. The molecule has 12 nitrogen and oxygen atoms in total. The first-order chi connectivity index (χ1) is 23.5. The van der Waals surface area contributed by atoms with Crippen LogP contribution in [0.25, 0.3) is 10.8 Å². The number of rotatable bonds is 7. The van der Waals surface area contributed by atoms with E-state index in [4.69, 9.17) is 9.72 Å². The predicted molar refractivity (Wildman–Crippen MR) is 187 cm³/mol. The molecule has 2 aliphatic carbocycles. The standard InChI is InChI=1S/C35H42N6O6S2/c1-4-23-17-35(23,33(44)40-49(45,46)26-11-12-26)39-30(42)28-16-25-18-41(28)32(43)29(20(2)3)38-34-37-24(19-48-34)8-6-5-7-21-9-10-22-13-14-36-31(47-25)27(22)15-21/h4,9-10,13-15,19-20,23,25-26,28-29H,1,5-8,11-12,16-18H2,2-3H3,(H,37,38)(H,39,42)(H,40,44)/t23-,25?,28?,29?,35-/m1/s1. The third-order valence-corrected chi connectivity index (χ3v) is 12.7. The van der Waals surface area contributed by atoms with Gasteiger partial charge in [0, 0.05) is 29.3 Å². The van der Waals surface area contributed by atoms with Crippen LogP contribution in [0.1, 0.15) is 63.6 Å². The van der Waals surface area contributed by atoms with Crippen molar-refractivity contribution in [1.82, 2.24) is 24.9 Å². The van der Waals surface area contributed by atoms with E-state index in [0.717, 1.165) is 42.1 Å². The lowest BCUT2D eigenvalue weighted by atomic mass is 10.0. The van der Waals surface area contributed by atoms with Crippen LogP contribution >= 0.6 is 11.3 Å². The minimum atomic E-state index is -3.84. The number of nitrogens with zero attached hydrogens (tertiary/aromatic N) is 3. The molecule has 3 unspecified atom stereocenters. The van der Waals surface area contributed by atoms with Crippen LogP contribution < -0.4 is 20.1 Å². The predicted octanol–water partition coefficient (Wildman–Crippen LogP) is 3.72. The van der Waals surface area contributed by atoms with Gasteiger partial charge in [0.2, 0.25) is 27.7 Å². The van der Waals surface area contributed by atoms with Gasteiger partial charge in [0.1, 0.15) is 23.7 Å². The van der Waals surface area contributed by atoms with Gasteiger partial charge in [-0.2, -0.15) is 0 Å². The monoisotopic (exact) mass is 706 g/mol. The molecule has 1 aromatic carbocycles. The third kappa shape index (κ3) is 6.77.